The van der Waals surface area contributed by atoms with E-state index in [1.54, 1.807) is 11.3 Å². The number of hydrogen-bond acceptors (Lipinski definition) is 4. The lowest BCUT2D eigenvalue weighted by Crippen LogP contribution is -2.43. The summed E-state index contributed by atoms with van der Waals surface area (Å²) in [5.74, 6) is 0.0236. The predicted molar refractivity (Wildman–Crippen MR) is 72.7 cm³/mol. The molecule has 1 aromatic heterocycles. The monoisotopic (exact) mass is 268 g/mol. The Kier molecular flexibility index (Phi) is 4.74. The topological polar surface area (TPSA) is 50.4 Å². The van der Waals surface area contributed by atoms with Gasteiger partial charge in [-0.2, -0.15) is 0 Å². The van der Waals surface area contributed by atoms with Crippen LogP contribution in [-0.2, 0) is 16.1 Å². The zero-order valence-corrected chi connectivity index (χ0v) is 11.7. The van der Waals surface area contributed by atoms with E-state index in [2.05, 4.69) is 29.7 Å². The Balaban J connectivity index is 1.83. The molecule has 0 aromatic carbocycles. The molecule has 2 N–H and O–H groups in total. The summed E-state index contributed by atoms with van der Waals surface area (Å²) in [5, 5.41) is 6.29. The maximum absolute atomic E-state index is 12.1. The molecule has 2 unspecified atom stereocenters. The molecule has 2 heterocycles. The van der Waals surface area contributed by atoms with Crippen molar-refractivity contribution in [2.45, 2.75) is 26.4 Å². The number of aryl methyl sites for hydroxylation is 1. The summed E-state index contributed by atoms with van der Waals surface area (Å²) >= 11 is 1.72. The molecule has 0 aliphatic carbocycles. The molecule has 18 heavy (non-hydrogen) atoms. The van der Waals surface area contributed by atoms with Crippen molar-refractivity contribution in [3.8, 4) is 0 Å². The van der Waals surface area contributed by atoms with Crippen LogP contribution in [0.1, 0.15) is 16.7 Å². The van der Waals surface area contributed by atoms with Crippen molar-refractivity contribution >= 4 is 17.2 Å². The normalized spacial score (nSPS) is 23.2. The lowest BCUT2D eigenvalue weighted by atomic mass is 10.0. The largest absolute Gasteiger partial charge is 0.379 e. The molecular weight excluding hydrogens is 248 g/mol. The maximum Gasteiger partial charge on any atom is 0.227 e. The van der Waals surface area contributed by atoms with Gasteiger partial charge in [0.05, 0.1) is 25.7 Å². The van der Waals surface area contributed by atoms with Crippen molar-refractivity contribution in [3.05, 3.63) is 21.9 Å². The summed E-state index contributed by atoms with van der Waals surface area (Å²) in [7, 11) is 0. The lowest BCUT2D eigenvalue weighted by molar-refractivity contribution is -0.125. The fourth-order valence-corrected chi connectivity index (χ4v) is 2.99. The second-order valence-corrected chi connectivity index (χ2v) is 5.91. The molecule has 1 aromatic rings. The number of carbonyl (C=O) groups excluding carboxylic acids is 1. The molecule has 5 heteroatoms. The van der Waals surface area contributed by atoms with Crippen LogP contribution in [0.5, 0.6) is 0 Å². The van der Waals surface area contributed by atoms with Crippen molar-refractivity contribution in [2.24, 2.45) is 5.92 Å². The fourth-order valence-electron chi connectivity index (χ4n) is 2.16. The molecule has 1 aliphatic rings. The number of rotatable bonds is 5. The summed E-state index contributed by atoms with van der Waals surface area (Å²) in [6.07, 6.45) is 0. The van der Waals surface area contributed by atoms with Gasteiger partial charge in [0, 0.05) is 15.8 Å². The van der Waals surface area contributed by atoms with Crippen LogP contribution < -0.4 is 10.6 Å². The van der Waals surface area contributed by atoms with Gasteiger partial charge in [0.15, 0.2) is 0 Å². The number of amides is 1. The molecule has 1 aliphatic heterocycles. The van der Waals surface area contributed by atoms with Gasteiger partial charge in [-0.25, -0.2) is 0 Å². The van der Waals surface area contributed by atoms with Crippen LogP contribution in [0.2, 0.25) is 0 Å². The van der Waals surface area contributed by atoms with Gasteiger partial charge in [-0.15, -0.1) is 11.3 Å². The minimum Gasteiger partial charge on any atom is -0.379 e. The van der Waals surface area contributed by atoms with E-state index in [4.69, 9.17) is 4.74 Å². The standard InChI is InChI=1S/C13H20N2O2S/c1-3-14-12-8-17-7-11(12)13(16)15-6-10-5-4-9(2)18-10/h4-5,11-12,14H,3,6-8H2,1-2H3,(H,15,16). The first kappa shape index (κ1) is 13.5. The molecule has 100 valence electrons. The van der Waals surface area contributed by atoms with Crippen LogP contribution >= 0.6 is 11.3 Å². The van der Waals surface area contributed by atoms with E-state index in [-0.39, 0.29) is 17.9 Å². The van der Waals surface area contributed by atoms with Crippen LogP contribution in [0, 0.1) is 12.8 Å². The molecule has 0 bridgehead atoms. The average molecular weight is 268 g/mol. The first-order chi connectivity index (χ1) is 8.70. The van der Waals surface area contributed by atoms with Gasteiger partial charge < -0.3 is 15.4 Å². The van der Waals surface area contributed by atoms with Crippen molar-refractivity contribution in [1.29, 1.82) is 0 Å². The predicted octanol–water partition coefficient (Wildman–Crippen LogP) is 1.30. The Labute approximate surface area is 112 Å². The van der Waals surface area contributed by atoms with E-state index in [1.165, 1.54) is 9.75 Å². The van der Waals surface area contributed by atoms with Crippen molar-refractivity contribution in [3.63, 3.8) is 0 Å². The van der Waals surface area contributed by atoms with Gasteiger partial charge >= 0.3 is 0 Å². The van der Waals surface area contributed by atoms with E-state index in [0.717, 1.165) is 6.54 Å². The molecule has 0 radical (unpaired) electrons. The van der Waals surface area contributed by atoms with Gasteiger partial charge in [0.1, 0.15) is 0 Å². The molecule has 1 saturated heterocycles. The second-order valence-electron chi connectivity index (χ2n) is 4.54. The van der Waals surface area contributed by atoms with Crippen LogP contribution in [0.3, 0.4) is 0 Å². The maximum atomic E-state index is 12.1. The Bertz CT molecular complexity index is 405. The molecule has 2 rings (SSSR count). The van der Waals surface area contributed by atoms with Crippen LogP contribution in [0.4, 0.5) is 0 Å². The Morgan fingerprint density at radius 1 is 1.50 bits per heavy atom. The number of thiophene rings is 1. The fraction of sp³-hybridized carbons (Fsp3) is 0.615. The van der Waals surface area contributed by atoms with Crippen LogP contribution in [0.15, 0.2) is 12.1 Å². The van der Waals surface area contributed by atoms with Crippen molar-refractivity contribution in [2.75, 3.05) is 19.8 Å². The van der Waals surface area contributed by atoms with Gasteiger partial charge in [-0.1, -0.05) is 6.92 Å². The average Bonchev–Trinajstić information content (AvgIpc) is 2.96. The molecule has 4 nitrogen and oxygen atoms in total. The number of ether oxygens (including phenoxy) is 1. The Hall–Kier alpha value is -0.910. The number of likely N-dealkylation sites (N-methyl/N-ethyl adjacent to an activating group) is 1. The lowest BCUT2D eigenvalue weighted by Gasteiger charge is -2.17. The summed E-state index contributed by atoms with van der Waals surface area (Å²) < 4.78 is 5.38. The third-order valence-electron chi connectivity index (χ3n) is 3.12. The quantitative estimate of drug-likeness (QED) is 0.846. The number of hydrogen-bond donors (Lipinski definition) is 2. The second kappa shape index (κ2) is 6.31. The number of carbonyl (C=O) groups is 1. The summed E-state index contributed by atoms with van der Waals surface area (Å²) in [5.41, 5.74) is 0. The van der Waals surface area contributed by atoms with E-state index in [1.807, 2.05) is 6.92 Å². The minimum absolute atomic E-state index is 0.0639. The third kappa shape index (κ3) is 3.31. The van der Waals surface area contributed by atoms with E-state index in [0.29, 0.717) is 19.8 Å². The first-order valence-corrected chi connectivity index (χ1v) is 7.16. The highest BCUT2D eigenvalue weighted by Crippen LogP contribution is 2.16. The van der Waals surface area contributed by atoms with E-state index in [9.17, 15) is 4.79 Å². The zero-order chi connectivity index (χ0) is 13.0. The first-order valence-electron chi connectivity index (χ1n) is 6.35. The SMILES string of the molecule is CCNC1COCC1C(=O)NCc1ccc(C)s1. The van der Waals surface area contributed by atoms with Crippen molar-refractivity contribution in [1.82, 2.24) is 10.6 Å². The molecule has 0 saturated carbocycles. The Morgan fingerprint density at radius 3 is 3.00 bits per heavy atom. The highest BCUT2D eigenvalue weighted by molar-refractivity contribution is 7.11. The summed E-state index contributed by atoms with van der Waals surface area (Å²) in [4.78, 5) is 14.6. The third-order valence-corrected chi connectivity index (χ3v) is 4.12. The van der Waals surface area contributed by atoms with Gasteiger partial charge in [-0.05, 0) is 25.6 Å². The molecule has 0 spiro atoms. The van der Waals surface area contributed by atoms with Gasteiger partial charge in [-0.3, -0.25) is 4.79 Å². The molecule has 2 atom stereocenters. The number of nitrogens with one attached hydrogen (secondary N) is 2. The highest BCUT2D eigenvalue weighted by atomic mass is 32.1. The Morgan fingerprint density at radius 2 is 2.33 bits per heavy atom. The van der Waals surface area contributed by atoms with Crippen molar-refractivity contribution < 1.29 is 9.53 Å². The molecular formula is C13H20N2O2S. The van der Waals surface area contributed by atoms with Gasteiger partial charge in [0.2, 0.25) is 5.91 Å². The smallest absolute Gasteiger partial charge is 0.227 e. The zero-order valence-electron chi connectivity index (χ0n) is 10.9. The summed E-state index contributed by atoms with van der Waals surface area (Å²) in [6, 6.07) is 4.29. The van der Waals surface area contributed by atoms with Gasteiger partial charge in [0.25, 0.3) is 0 Å². The van der Waals surface area contributed by atoms with Crippen LogP contribution in [-0.4, -0.2) is 31.7 Å². The summed E-state index contributed by atoms with van der Waals surface area (Å²) in [6.45, 7) is 6.75. The molecule has 1 amide bonds. The van der Waals surface area contributed by atoms with Crippen LogP contribution in [0.25, 0.3) is 0 Å². The van der Waals surface area contributed by atoms with E-state index < -0.39 is 0 Å². The van der Waals surface area contributed by atoms with E-state index >= 15 is 0 Å². The molecule has 1 fully saturated rings. The minimum atomic E-state index is -0.0639. The highest BCUT2D eigenvalue weighted by Gasteiger charge is 2.33.